The number of carbonyl (C=O) groups excluding carboxylic acids is 1. The van der Waals surface area contributed by atoms with Gasteiger partial charge < -0.3 is 9.80 Å². The van der Waals surface area contributed by atoms with E-state index in [-0.39, 0.29) is 25.2 Å². The van der Waals surface area contributed by atoms with Gasteiger partial charge in [0.15, 0.2) is 0 Å². The second-order valence-electron chi connectivity index (χ2n) is 7.43. The Morgan fingerprint density at radius 3 is 2.89 bits per heavy atom. The van der Waals surface area contributed by atoms with Crippen LogP contribution in [0.4, 0.5) is 14.5 Å². The van der Waals surface area contributed by atoms with E-state index in [2.05, 4.69) is 11.1 Å². The van der Waals surface area contributed by atoms with Crippen molar-refractivity contribution < 1.29 is 13.6 Å². The number of nitriles is 1. The Bertz CT molecular complexity index is 891. The molecule has 2 heterocycles. The third-order valence-corrected chi connectivity index (χ3v) is 4.70. The van der Waals surface area contributed by atoms with Gasteiger partial charge in [-0.25, -0.2) is 8.78 Å². The number of ketones is 1. The number of aromatic nitrogens is 1. The molecule has 7 heteroatoms. The first-order valence-corrected chi connectivity index (χ1v) is 8.86. The van der Waals surface area contributed by atoms with E-state index in [1.165, 1.54) is 0 Å². The molecule has 0 aliphatic carbocycles. The predicted octanol–water partition coefficient (Wildman–Crippen LogP) is 3.09. The molecule has 0 spiro atoms. The van der Waals surface area contributed by atoms with Crippen LogP contribution in [-0.2, 0) is 4.79 Å². The fourth-order valence-electron chi connectivity index (χ4n) is 3.79. The lowest BCUT2D eigenvalue weighted by atomic mass is 9.90. The lowest BCUT2D eigenvalue weighted by Gasteiger charge is -2.39. The maximum Gasteiger partial charge on any atom is 0.265 e. The first kappa shape index (κ1) is 19.2. The molecular weight excluding hydrogens is 350 g/mol. The molecule has 1 aliphatic rings. The van der Waals surface area contributed by atoms with Gasteiger partial charge >= 0.3 is 0 Å². The van der Waals surface area contributed by atoms with Gasteiger partial charge in [-0.3, -0.25) is 9.78 Å². The van der Waals surface area contributed by atoms with Gasteiger partial charge in [0.2, 0.25) is 0 Å². The van der Waals surface area contributed by atoms with Gasteiger partial charge in [-0.05, 0) is 44.3 Å². The average molecular weight is 372 g/mol. The zero-order valence-corrected chi connectivity index (χ0v) is 15.5. The number of benzene rings is 1. The minimum absolute atomic E-state index is 0.0333. The van der Waals surface area contributed by atoms with Crippen LogP contribution in [-0.4, -0.2) is 55.3 Å². The Balaban J connectivity index is 1.91. The van der Waals surface area contributed by atoms with E-state index in [9.17, 15) is 18.8 Å². The number of rotatable bonds is 5. The quantitative estimate of drug-likeness (QED) is 0.807. The minimum Gasteiger partial charge on any atom is -0.365 e. The van der Waals surface area contributed by atoms with Crippen LogP contribution in [0.3, 0.4) is 0 Å². The van der Waals surface area contributed by atoms with E-state index in [4.69, 9.17) is 0 Å². The largest absolute Gasteiger partial charge is 0.365 e. The Labute approximate surface area is 157 Å². The van der Waals surface area contributed by atoms with Crippen LogP contribution >= 0.6 is 0 Å². The molecule has 1 aliphatic heterocycles. The molecule has 0 bridgehead atoms. The number of hydrogen-bond acceptors (Lipinski definition) is 5. The van der Waals surface area contributed by atoms with Crippen molar-refractivity contribution in [3.8, 4) is 6.07 Å². The fourth-order valence-corrected chi connectivity index (χ4v) is 3.79. The molecule has 1 saturated heterocycles. The van der Waals surface area contributed by atoms with Gasteiger partial charge in [0.1, 0.15) is 11.9 Å². The van der Waals surface area contributed by atoms with Gasteiger partial charge in [-0.2, -0.15) is 5.26 Å². The number of pyridine rings is 1. The molecular formula is C20H22F2N4O. The van der Waals surface area contributed by atoms with Gasteiger partial charge in [0.25, 0.3) is 5.92 Å². The zero-order valence-electron chi connectivity index (χ0n) is 15.5. The molecule has 0 radical (unpaired) electrons. The van der Waals surface area contributed by atoms with Crippen LogP contribution in [0.5, 0.6) is 0 Å². The summed E-state index contributed by atoms with van der Waals surface area (Å²) in [5, 5.41) is 9.94. The van der Waals surface area contributed by atoms with E-state index in [0.717, 1.165) is 0 Å². The molecule has 3 rings (SSSR count). The summed E-state index contributed by atoms with van der Waals surface area (Å²) in [5.41, 5.74) is 1.55. The number of alkyl halides is 2. The van der Waals surface area contributed by atoms with Crippen molar-refractivity contribution in [1.82, 2.24) is 9.88 Å². The first-order valence-electron chi connectivity index (χ1n) is 8.86. The van der Waals surface area contributed by atoms with Crippen molar-refractivity contribution >= 4 is 22.4 Å². The fraction of sp³-hybridized carbons (Fsp3) is 0.450. The normalized spacial score (nSPS) is 19.3. The highest BCUT2D eigenvalue weighted by Crippen LogP contribution is 2.37. The van der Waals surface area contributed by atoms with Crippen molar-refractivity contribution in [3.05, 3.63) is 36.0 Å². The number of halogens is 2. The van der Waals surface area contributed by atoms with Gasteiger partial charge in [0.05, 0.1) is 24.2 Å². The van der Waals surface area contributed by atoms with E-state index in [1.807, 2.05) is 0 Å². The minimum atomic E-state index is -2.87. The number of hydrogen-bond donors (Lipinski definition) is 0. The van der Waals surface area contributed by atoms with Crippen molar-refractivity contribution in [2.45, 2.75) is 18.8 Å². The summed E-state index contributed by atoms with van der Waals surface area (Å²) in [5.74, 6) is -3.32. The third kappa shape index (κ3) is 4.40. The Morgan fingerprint density at radius 2 is 2.19 bits per heavy atom. The maximum atomic E-state index is 14.4. The summed E-state index contributed by atoms with van der Waals surface area (Å²) in [6.45, 7) is 0.234. The zero-order chi connectivity index (χ0) is 19.6. The first-order chi connectivity index (χ1) is 12.8. The summed E-state index contributed by atoms with van der Waals surface area (Å²) in [7, 11) is 3.57. The molecule has 1 aromatic heterocycles. The Kier molecular flexibility index (Phi) is 5.38. The lowest BCUT2D eigenvalue weighted by molar-refractivity contribution is -0.121. The maximum absolute atomic E-state index is 14.4. The van der Waals surface area contributed by atoms with Gasteiger partial charge in [-0.1, -0.05) is 0 Å². The molecule has 1 fully saturated rings. The highest BCUT2D eigenvalue weighted by Gasteiger charge is 2.41. The molecule has 5 nitrogen and oxygen atoms in total. The van der Waals surface area contributed by atoms with Crippen molar-refractivity contribution in [2.75, 3.05) is 38.6 Å². The van der Waals surface area contributed by atoms with Crippen molar-refractivity contribution in [2.24, 2.45) is 5.92 Å². The molecule has 1 aromatic carbocycles. The molecule has 1 atom stereocenters. The van der Waals surface area contributed by atoms with E-state index >= 15 is 0 Å². The molecule has 0 N–H and O–H groups in total. The summed E-state index contributed by atoms with van der Waals surface area (Å²) >= 11 is 0. The topological polar surface area (TPSA) is 60.2 Å². The van der Waals surface area contributed by atoms with Crippen LogP contribution in [0.15, 0.2) is 30.5 Å². The number of nitrogens with zero attached hydrogens (tertiary/aromatic N) is 4. The number of Topliss-reactive ketones (excluding diaryl/α,β-unsaturated/α-hetero) is 1. The summed E-state index contributed by atoms with van der Waals surface area (Å²) in [4.78, 5) is 19.7. The highest BCUT2D eigenvalue weighted by molar-refractivity contribution is 5.95. The van der Waals surface area contributed by atoms with E-state index in [1.54, 1.807) is 54.4 Å². The molecule has 142 valence electrons. The summed E-state index contributed by atoms with van der Waals surface area (Å²) in [6, 6.07) is 8.92. The van der Waals surface area contributed by atoms with E-state index in [0.29, 0.717) is 28.7 Å². The third-order valence-electron chi connectivity index (χ3n) is 4.70. The number of likely N-dealkylation sites (N-methyl/N-ethyl adjacent to an activating group) is 1. The summed E-state index contributed by atoms with van der Waals surface area (Å²) < 4.78 is 28.8. The second-order valence-corrected chi connectivity index (χ2v) is 7.43. The molecule has 2 aromatic rings. The molecule has 0 amide bonds. The van der Waals surface area contributed by atoms with Crippen LogP contribution in [0.1, 0.15) is 18.4 Å². The monoisotopic (exact) mass is 372 g/mol. The predicted molar refractivity (Wildman–Crippen MR) is 99.9 cm³/mol. The van der Waals surface area contributed by atoms with Crippen molar-refractivity contribution in [1.29, 1.82) is 5.26 Å². The molecule has 0 saturated carbocycles. The highest BCUT2D eigenvalue weighted by atomic mass is 19.3. The van der Waals surface area contributed by atoms with Gasteiger partial charge in [-0.15, -0.1) is 0 Å². The number of fused-ring (bicyclic) bond motifs is 1. The Morgan fingerprint density at radius 1 is 1.41 bits per heavy atom. The SMILES string of the molecule is CN(C)CC(=O)C[C@H]1CN(c2ccc(C#N)c3ncccc23)CC(F)(F)C1. The van der Waals surface area contributed by atoms with Crippen LogP contribution in [0.2, 0.25) is 0 Å². The van der Waals surface area contributed by atoms with Crippen LogP contribution in [0, 0.1) is 17.2 Å². The summed E-state index contributed by atoms with van der Waals surface area (Å²) in [6.07, 6.45) is 1.44. The second kappa shape index (κ2) is 7.57. The van der Waals surface area contributed by atoms with Crippen LogP contribution in [0.25, 0.3) is 10.9 Å². The standard InChI is InChI=1S/C20H22F2N4O/c1-25(2)12-16(27)8-14-9-20(21,22)13-26(11-14)18-6-5-15(10-23)19-17(18)4-3-7-24-19/h3-7,14H,8-9,11-13H2,1-2H3/t14-/m1/s1. The average Bonchev–Trinajstić information content (AvgIpc) is 2.58. The Hall–Kier alpha value is -2.59. The van der Waals surface area contributed by atoms with E-state index < -0.39 is 18.4 Å². The molecule has 0 unspecified atom stereocenters. The smallest absolute Gasteiger partial charge is 0.265 e. The van der Waals surface area contributed by atoms with Crippen LogP contribution < -0.4 is 4.90 Å². The van der Waals surface area contributed by atoms with Gasteiger partial charge in [0, 0.05) is 36.7 Å². The molecule has 27 heavy (non-hydrogen) atoms. The number of piperidine rings is 1. The number of anilines is 1. The van der Waals surface area contributed by atoms with Crippen molar-refractivity contribution in [3.63, 3.8) is 0 Å². The number of carbonyl (C=O) groups is 1. The lowest BCUT2D eigenvalue weighted by Crippen LogP contribution is -2.48.